The molecule has 0 aromatic rings. The predicted molar refractivity (Wildman–Crippen MR) is 40.4 cm³/mol. The molecule has 1 heterocycles. The Hall–Kier alpha value is -0.550. The Kier molecular flexibility index (Phi) is 3.25. The van der Waals surface area contributed by atoms with E-state index in [9.17, 15) is 0 Å². The summed E-state index contributed by atoms with van der Waals surface area (Å²) in [7, 11) is 0. The van der Waals surface area contributed by atoms with E-state index in [1.165, 1.54) is 19.3 Å². The number of nitrogens with one attached hydrogen (secondary N) is 1. The van der Waals surface area contributed by atoms with Gasteiger partial charge in [0.05, 0.1) is 6.07 Å². The first-order valence-corrected chi connectivity index (χ1v) is 4.01. The smallest absolute Gasteiger partial charge is 0.0625 e. The van der Waals surface area contributed by atoms with E-state index in [4.69, 9.17) is 5.26 Å². The Bertz CT molecular complexity index is 118. The van der Waals surface area contributed by atoms with Crippen molar-refractivity contribution in [2.24, 2.45) is 5.92 Å². The number of rotatable bonds is 1. The van der Waals surface area contributed by atoms with Crippen LogP contribution >= 0.6 is 0 Å². The second kappa shape index (κ2) is 4.29. The van der Waals surface area contributed by atoms with Crippen molar-refractivity contribution < 1.29 is 0 Å². The summed E-state index contributed by atoms with van der Waals surface area (Å²) in [6.45, 7) is 2.19. The summed E-state index contributed by atoms with van der Waals surface area (Å²) in [5.74, 6) is 0.618. The third-order valence-electron chi connectivity index (χ3n) is 2.03. The fraction of sp³-hybridized carbons (Fsp3) is 0.875. The van der Waals surface area contributed by atoms with E-state index < -0.39 is 0 Å². The van der Waals surface area contributed by atoms with E-state index >= 15 is 0 Å². The molecule has 1 aliphatic heterocycles. The van der Waals surface area contributed by atoms with Crippen LogP contribution in [-0.2, 0) is 0 Å². The Labute approximate surface area is 62.2 Å². The molecule has 0 aromatic heterocycles. The molecule has 0 aliphatic carbocycles. The minimum atomic E-state index is 0.618. The van der Waals surface area contributed by atoms with E-state index in [0.29, 0.717) is 5.92 Å². The fourth-order valence-corrected chi connectivity index (χ4v) is 1.39. The van der Waals surface area contributed by atoms with E-state index in [0.717, 1.165) is 19.5 Å². The first kappa shape index (κ1) is 7.56. The highest BCUT2D eigenvalue weighted by atomic mass is 14.9. The molecule has 10 heavy (non-hydrogen) atoms. The zero-order chi connectivity index (χ0) is 7.23. The number of nitrogens with zero attached hydrogens (tertiary/aromatic N) is 1. The summed E-state index contributed by atoms with van der Waals surface area (Å²) in [5.41, 5.74) is 0. The van der Waals surface area contributed by atoms with Gasteiger partial charge in [-0.25, -0.2) is 0 Å². The minimum absolute atomic E-state index is 0.618. The highest BCUT2D eigenvalue weighted by Crippen LogP contribution is 2.13. The van der Waals surface area contributed by atoms with Crippen molar-refractivity contribution in [1.82, 2.24) is 5.32 Å². The van der Waals surface area contributed by atoms with Gasteiger partial charge in [0.1, 0.15) is 0 Å². The molecule has 0 aromatic carbocycles. The lowest BCUT2D eigenvalue weighted by molar-refractivity contribution is 0.490. The number of hydrogen-bond donors (Lipinski definition) is 1. The van der Waals surface area contributed by atoms with Crippen LogP contribution in [0.3, 0.4) is 0 Å². The van der Waals surface area contributed by atoms with E-state index in [-0.39, 0.29) is 0 Å². The topological polar surface area (TPSA) is 35.8 Å². The first-order valence-electron chi connectivity index (χ1n) is 4.01. The second-order valence-corrected chi connectivity index (χ2v) is 2.93. The van der Waals surface area contributed by atoms with Gasteiger partial charge in [0.15, 0.2) is 0 Å². The van der Waals surface area contributed by atoms with Gasteiger partial charge in [-0.2, -0.15) is 5.26 Å². The molecular formula is C8H14N2. The Morgan fingerprint density at radius 1 is 1.50 bits per heavy atom. The standard InChI is InChI=1S/C8H14N2/c9-5-4-8-3-1-2-6-10-7-8/h8,10H,1-4,6-7H2/t8-/m1/s1. The summed E-state index contributed by atoms with van der Waals surface area (Å²) < 4.78 is 0. The highest BCUT2D eigenvalue weighted by Gasteiger charge is 2.10. The van der Waals surface area contributed by atoms with Gasteiger partial charge in [0.2, 0.25) is 0 Å². The molecule has 1 aliphatic rings. The van der Waals surface area contributed by atoms with Gasteiger partial charge in [-0.3, -0.25) is 0 Å². The Balaban J connectivity index is 2.23. The van der Waals surface area contributed by atoms with Gasteiger partial charge in [-0.05, 0) is 31.8 Å². The monoisotopic (exact) mass is 138 g/mol. The number of hydrogen-bond acceptors (Lipinski definition) is 2. The molecule has 2 heteroatoms. The van der Waals surface area contributed by atoms with Crippen LogP contribution in [0.2, 0.25) is 0 Å². The van der Waals surface area contributed by atoms with E-state index in [1.807, 2.05) is 0 Å². The summed E-state index contributed by atoms with van der Waals surface area (Å²) >= 11 is 0. The van der Waals surface area contributed by atoms with Crippen LogP contribution in [0, 0.1) is 17.2 Å². The van der Waals surface area contributed by atoms with Crippen LogP contribution in [0.15, 0.2) is 0 Å². The fourth-order valence-electron chi connectivity index (χ4n) is 1.39. The molecule has 1 rings (SSSR count). The van der Waals surface area contributed by atoms with E-state index in [1.54, 1.807) is 0 Å². The molecule has 0 unspecified atom stereocenters. The molecule has 2 nitrogen and oxygen atoms in total. The molecule has 0 radical (unpaired) electrons. The van der Waals surface area contributed by atoms with Crippen molar-refractivity contribution in [2.75, 3.05) is 13.1 Å². The Morgan fingerprint density at radius 2 is 2.40 bits per heavy atom. The molecule has 56 valence electrons. The second-order valence-electron chi connectivity index (χ2n) is 2.93. The van der Waals surface area contributed by atoms with E-state index in [2.05, 4.69) is 11.4 Å². The van der Waals surface area contributed by atoms with Crippen molar-refractivity contribution in [1.29, 1.82) is 5.26 Å². The van der Waals surface area contributed by atoms with Crippen molar-refractivity contribution in [3.63, 3.8) is 0 Å². The molecule has 1 fully saturated rings. The maximum absolute atomic E-state index is 8.43. The summed E-state index contributed by atoms with van der Waals surface area (Å²) in [4.78, 5) is 0. The molecule has 1 N–H and O–H groups in total. The van der Waals surface area contributed by atoms with Crippen molar-refractivity contribution >= 4 is 0 Å². The third kappa shape index (κ3) is 2.36. The molecular weight excluding hydrogens is 124 g/mol. The largest absolute Gasteiger partial charge is 0.316 e. The Morgan fingerprint density at radius 3 is 3.20 bits per heavy atom. The van der Waals surface area contributed by atoms with Gasteiger partial charge in [-0.1, -0.05) is 6.42 Å². The predicted octanol–water partition coefficient (Wildman–Crippen LogP) is 1.29. The average Bonchev–Trinajstić information content (AvgIpc) is 2.17. The third-order valence-corrected chi connectivity index (χ3v) is 2.03. The lowest BCUT2D eigenvalue weighted by atomic mass is 10.0. The molecule has 1 saturated heterocycles. The van der Waals surface area contributed by atoms with Crippen LogP contribution in [-0.4, -0.2) is 13.1 Å². The van der Waals surface area contributed by atoms with Gasteiger partial charge in [-0.15, -0.1) is 0 Å². The zero-order valence-corrected chi connectivity index (χ0v) is 6.27. The normalized spacial score (nSPS) is 26.9. The van der Waals surface area contributed by atoms with Crippen molar-refractivity contribution in [2.45, 2.75) is 25.7 Å². The summed E-state index contributed by atoms with van der Waals surface area (Å²) in [6, 6.07) is 2.23. The maximum atomic E-state index is 8.43. The summed E-state index contributed by atoms with van der Waals surface area (Å²) in [6.07, 6.45) is 4.54. The minimum Gasteiger partial charge on any atom is -0.316 e. The van der Waals surface area contributed by atoms with Crippen LogP contribution in [0.4, 0.5) is 0 Å². The quantitative estimate of drug-likeness (QED) is 0.592. The maximum Gasteiger partial charge on any atom is 0.0625 e. The van der Waals surface area contributed by atoms with Gasteiger partial charge in [0, 0.05) is 6.42 Å². The molecule has 1 atom stereocenters. The van der Waals surface area contributed by atoms with Crippen LogP contribution in [0.25, 0.3) is 0 Å². The molecule has 0 amide bonds. The molecule has 0 saturated carbocycles. The van der Waals surface area contributed by atoms with Gasteiger partial charge >= 0.3 is 0 Å². The summed E-state index contributed by atoms with van der Waals surface area (Å²) in [5, 5.41) is 11.8. The first-order chi connectivity index (χ1) is 4.93. The van der Waals surface area contributed by atoms with Crippen LogP contribution in [0.1, 0.15) is 25.7 Å². The lowest BCUT2D eigenvalue weighted by Gasteiger charge is -2.07. The van der Waals surface area contributed by atoms with Gasteiger partial charge in [0.25, 0.3) is 0 Å². The van der Waals surface area contributed by atoms with Gasteiger partial charge < -0.3 is 5.32 Å². The van der Waals surface area contributed by atoms with Crippen LogP contribution in [0.5, 0.6) is 0 Å². The zero-order valence-electron chi connectivity index (χ0n) is 6.27. The average molecular weight is 138 g/mol. The molecule has 0 spiro atoms. The SMILES string of the molecule is N#CC[C@H]1CCCCNC1. The molecule has 0 bridgehead atoms. The lowest BCUT2D eigenvalue weighted by Crippen LogP contribution is -2.20. The van der Waals surface area contributed by atoms with Crippen LogP contribution < -0.4 is 5.32 Å². The number of nitriles is 1. The van der Waals surface area contributed by atoms with Crippen molar-refractivity contribution in [3.05, 3.63) is 0 Å². The highest BCUT2D eigenvalue weighted by molar-refractivity contribution is 4.78. The van der Waals surface area contributed by atoms with Crippen molar-refractivity contribution in [3.8, 4) is 6.07 Å².